The highest BCUT2D eigenvalue weighted by atomic mass is 14.8. The van der Waals surface area contributed by atoms with E-state index in [2.05, 4.69) is 6.21 Å². The average molecular weight is 193 g/mol. The third kappa shape index (κ3) is 2.83. The number of rotatable bonds is 1. The van der Waals surface area contributed by atoms with Gasteiger partial charge in [-0.15, -0.1) is 0 Å². The van der Waals surface area contributed by atoms with Crippen molar-refractivity contribution in [2.45, 2.75) is 70.3 Å². The van der Waals surface area contributed by atoms with Crippen LogP contribution in [0.5, 0.6) is 0 Å². The highest BCUT2D eigenvalue weighted by molar-refractivity contribution is 5.57. The molecule has 1 heteroatoms. The number of aliphatic imine (C=N–C) groups is 1. The topological polar surface area (TPSA) is 12.4 Å². The molecule has 14 heavy (non-hydrogen) atoms. The maximum Gasteiger partial charge on any atom is 0.0523 e. The minimum absolute atomic E-state index is 0.690. The largest absolute Gasteiger partial charge is 0.294 e. The van der Waals surface area contributed by atoms with E-state index in [1.165, 1.54) is 64.2 Å². The Bertz CT molecular complexity index is 180. The Hall–Kier alpha value is -0.330. The van der Waals surface area contributed by atoms with Gasteiger partial charge in [0, 0.05) is 0 Å². The fraction of sp³-hybridized carbons (Fsp3) is 0.923. The summed E-state index contributed by atoms with van der Waals surface area (Å²) in [6.07, 6.45) is 16.3. The molecule has 0 aromatic rings. The van der Waals surface area contributed by atoms with Crippen LogP contribution in [0.15, 0.2) is 4.99 Å². The third-order valence-electron chi connectivity index (χ3n) is 3.82. The predicted molar refractivity (Wildman–Crippen MR) is 61.9 cm³/mol. The molecule has 0 saturated heterocycles. The first-order chi connectivity index (χ1) is 6.97. The predicted octanol–water partition coefficient (Wildman–Crippen LogP) is 3.97. The van der Waals surface area contributed by atoms with Gasteiger partial charge in [-0.25, -0.2) is 0 Å². The Morgan fingerprint density at radius 1 is 0.786 bits per heavy atom. The van der Waals surface area contributed by atoms with Crippen molar-refractivity contribution in [3.05, 3.63) is 0 Å². The zero-order valence-electron chi connectivity index (χ0n) is 9.25. The summed E-state index contributed by atoms with van der Waals surface area (Å²) in [5, 5.41) is 0. The molecule has 0 amide bonds. The van der Waals surface area contributed by atoms with Crippen molar-refractivity contribution in [1.82, 2.24) is 0 Å². The molecule has 1 unspecified atom stereocenters. The van der Waals surface area contributed by atoms with Crippen LogP contribution in [0.2, 0.25) is 0 Å². The summed E-state index contributed by atoms with van der Waals surface area (Å²) in [6, 6.07) is 0.690. The van der Waals surface area contributed by atoms with Gasteiger partial charge < -0.3 is 0 Å². The summed E-state index contributed by atoms with van der Waals surface area (Å²) in [6.45, 7) is 0. The molecule has 0 aromatic carbocycles. The SMILES string of the molecule is C1=N/C(C2CCCCC2)CCCCC/1. The fourth-order valence-corrected chi connectivity index (χ4v) is 2.93. The second kappa shape index (κ2) is 5.53. The monoisotopic (exact) mass is 193 g/mol. The highest BCUT2D eigenvalue weighted by Crippen LogP contribution is 2.30. The summed E-state index contributed by atoms with van der Waals surface area (Å²) in [5.74, 6) is 0.929. The van der Waals surface area contributed by atoms with Gasteiger partial charge in [0.15, 0.2) is 0 Å². The van der Waals surface area contributed by atoms with Gasteiger partial charge in [0.25, 0.3) is 0 Å². The molecular formula is C13H23N. The molecule has 1 aliphatic carbocycles. The Morgan fingerprint density at radius 2 is 1.50 bits per heavy atom. The van der Waals surface area contributed by atoms with Crippen LogP contribution in [0.4, 0.5) is 0 Å². The smallest absolute Gasteiger partial charge is 0.0523 e. The molecule has 1 atom stereocenters. The Balaban J connectivity index is 1.88. The third-order valence-corrected chi connectivity index (χ3v) is 3.82. The van der Waals surface area contributed by atoms with Gasteiger partial charge in [0.1, 0.15) is 0 Å². The maximum absolute atomic E-state index is 4.78. The minimum atomic E-state index is 0.690. The molecule has 2 aliphatic rings. The molecule has 0 spiro atoms. The van der Waals surface area contributed by atoms with Gasteiger partial charge in [0.05, 0.1) is 6.04 Å². The van der Waals surface area contributed by atoms with Crippen LogP contribution in [0, 0.1) is 5.92 Å². The van der Waals surface area contributed by atoms with E-state index in [0.29, 0.717) is 6.04 Å². The molecule has 80 valence electrons. The van der Waals surface area contributed by atoms with Crippen molar-refractivity contribution in [3.63, 3.8) is 0 Å². The second-order valence-electron chi connectivity index (χ2n) is 4.94. The second-order valence-corrected chi connectivity index (χ2v) is 4.94. The van der Waals surface area contributed by atoms with Crippen molar-refractivity contribution in [2.24, 2.45) is 10.9 Å². The van der Waals surface area contributed by atoms with E-state index in [0.717, 1.165) is 5.92 Å². The fourth-order valence-electron chi connectivity index (χ4n) is 2.93. The van der Waals surface area contributed by atoms with Crippen LogP contribution in [0.1, 0.15) is 64.2 Å². The average Bonchev–Trinajstić information content (AvgIpc) is 2.18. The van der Waals surface area contributed by atoms with Crippen molar-refractivity contribution < 1.29 is 0 Å². The first kappa shape index (κ1) is 10.2. The van der Waals surface area contributed by atoms with Crippen molar-refractivity contribution in [1.29, 1.82) is 0 Å². The van der Waals surface area contributed by atoms with Crippen LogP contribution in [0.3, 0.4) is 0 Å². The molecule has 1 saturated carbocycles. The normalized spacial score (nSPS) is 33.3. The number of hydrogen-bond donors (Lipinski definition) is 0. The van der Waals surface area contributed by atoms with E-state index in [4.69, 9.17) is 4.99 Å². The van der Waals surface area contributed by atoms with Gasteiger partial charge in [-0.1, -0.05) is 32.1 Å². The van der Waals surface area contributed by atoms with E-state index in [1.807, 2.05) is 0 Å². The molecule has 0 radical (unpaired) electrons. The molecule has 1 nitrogen and oxygen atoms in total. The lowest BCUT2D eigenvalue weighted by Crippen LogP contribution is -2.22. The number of hydrogen-bond acceptors (Lipinski definition) is 1. The van der Waals surface area contributed by atoms with E-state index in [-0.39, 0.29) is 0 Å². The summed E-state index contributed by atoms with van der Waals surface area (Å²) in [4.78, 5) is 4.78. The van der Waals surface area contributed by atoms with Gasteiger partial charge in [-0.3, -0.25) is 4.99 Å². The van der Waals surface area contributed by atoms with E-state index < -0.39 is 0 Å². The Labute approximate surface area is 88.0 Å². The summed E-state index contributed by atoms with van der Waals surface area (Å²) >= 11 is 0. The van der Waals surface area contributed by atoms with Gasteiger partial charge in [-0.05, 0) is 44.2 Å². The number of nitrogens with zero attached hydrogens (tertiary/aromatic N) is 1. The summed E-state index contributed by atoms with van der Waals surface area (Å²) in [5.41, 5.74) is 0. The van der Waals surface area contributed by atoms with E-state index in [1.54, 1.807) is 0 Å². The van der Waals surface area contributed by atoms with Gasteiger partial charge in [-0.2, -0.15) is 0 Å². The molecular weight excluding hydrogens is 170 g/mol. The molecule has 0 bridgehead atoms. The summed E-state index contributed by atoms with van der Waals surface area (Å²) in [7, 11) is 0. The van der Waals surface area contributed by atoms with Crippen LogP contribution in [-0.4, -0.2) is 12.3 Å². The van der Waals surface area contributed by atoms with Crippen molar-refractivity contribution in [3.8, 4) is 0 Å². The molecule has 1 heterocycles. The lowest BCUT2D eigenvalue weighted by molar-refractivity contribution is 0.290. The molecule has 0 N–H and O–H groups in total. The van der Waals surface area contributed by atoms with Gasteiger partial charge in [0.2, 0.25) is 0 Å². The van der Waals surface area contributed by atoms with Crippen LogP contribution >= 0.6 is 0 Å². The first-order valence-electron chi connectivity index (χ1n) is 6.48. The lowest BCUT2D eigenvalue weighted by Gasteiger charge is -2.28. The highest BCUT2D eigenvalue weighted by Gasteiger charge is 2.22. The summed E-state index contributed by atoms with van der Waals surface area (Å²) < 4.78 is 0. The van der Waals surface area contributed by atoms with E-state index >= 15 is 0 Å². The first-order valence-corrected chi connectivity index (χ1v) is 6.48. The molecule has 1 fully saturated rings. The Morgan fingerprint density at radius 3 is 2.36 bits per heavy atom. The standard InChI is InChI=1S/C13H23N/c1-2-7-11-14-13(10-6-1)12-8-4-3-5-9-12/h11-13H,1-10H2/b14-11+. The van der Waals surface area contributed by atoms with Crippen LogP contribution in [-0.2, 0) is 0 Å². The maximum atomic E-state index is 4.78. The zero-order chi connectivity index (χ0) is 9.64. The van der Waals surface area contributed by atoms with Crippen LogP contribution in [0.25, 0.3) is 0 Å². The van der Waals surface area contributed by atoms with Crippen LogP contribution < -0.4 is 0 Å². The molecule has 1 aliphatic heterocycles. The minimum Gasteiger partial charge on any atom is -0.294 e. The van der Waals surface area contributed by atoms with Crippen molar-refractivity contribution in [2.75, 3.05) is 0 Å². The molecule has 0 aromatic heterocycles. The van der Waals surface area contributed by atoms with Gasteiger partial charge >= 0.3 is 0 Å². The lowest BCUT2D eigenvalue weighted by atomic mass is 9.82. The van der Waals surface area contributed by atoms with E-state index in [9.17, 15) is 0 Å². The zero-order valence-corrected chi connectivity index (χ0v) is 9.25. The Kier molecular flexibility index (Phi) is 4.03. The molecule has 2 rings (SSSR count). The quantitative estimate of drug-likeness (QED) is 0.597. The van der Waals surface area contributed by atoms with Crippen molar-refractivity contribution >= 4 is 6.21 Å².